The van der Waals surface area contributed by atoms with E-state index in [2.05, 4.69) is 19.2 Å². The molecule has 0 spiro atoms. The summed E-state index contributed by atoms with van der Waals surface area (Å²) in [5, 5.41) is 3.51. The molecule has 1 saturated heterocycles. The average Bonchev–Trinajstić information content (AvgIpc) is 2.48. The van der Waals surface area contributed by atoms with Gasteiger partial charge in [0.1, 0.15) is 0 Å². The highest BCUT2D eigenvalue weighted by Gasteiger charge is 2.23. The lowest BCUT2D eigenvalue weighted by atomic mass is 10.1. The van der Waals surface area contributed by atoms with Gasteiger partial charge in [0.25, 0.3) is 0 Å². The van der Waals surface area contributed by atoms with Crippen molar-refractivity contribution in [1.82, 2.24) is 5.32 Å². The van der Waals surface area contributed by atoms with Crippen LogP contribution in [0.15, 0.2) is 0 Å². The van der Waals surface area contributed by atoms with Crippen molar-refractivity contribution in [3.63, 3.8) is 0 Å². The second-order valence-corrected chi connectivity index (χ2v) is 3.94. The predicted octanol–water partition coefficient (Wildman–Crippen LogP) is 1.04. The zero-order valence-corrected chi connectivity index (χ0v) is 8.88. The summed E-state index contributed by atoms with van der Waals surface area (Å²) in [4.78, 5) is 0. The van der Waals surface area contributed by atoms with Gasteiger partial charge < -0.3 is 14.8 Å². The summed E-state index contributed by atoms with van der Waals surface area (Å²) in [6, 6.07) is 0.541. The predicted molar refractivity (Wildman–Crippen MR) is 52.9 cm³/mol. The molecule has 0 aromatic heterocycles. The third-order valence-electron chi connectivity index (χ3n) is 2.56. The highest BCUT2D eigenvalue weighted by molar-refractivity contribution is 4.79. The summed E-state index contributed by atoms with van der Waals surface area (Å²) in [5.74, 6) is 0.581. The van der Waals surface area contributed by atoms with Crippen molar-refractivity contribution >= 4 is 0 Å². The quantitative estimate of drug-likeness (QED) is 0.697. The van der Waals surface area contributed by atoms with E-state index in [1.807, 2.05) is 0 Å². The summed E-state index contributed by atoms with van der Waals surface area (Å²) in [6.07, 6.45) is 1.51. The lowest BCUT2D eigenvalue weighted by molar-refractivity contribution is 0.109. The molecule has 1 rings (SSSR count). The van der Waals surface area contributed by atoms with Crippen LogP contribution >= 0.6 is 0 Å². The van der Waals surface area contributed by atoms with Crippen molar-refractivity contribution in [3.8, 4) is 0 Å². The van der Waals surface area contributed by atoms with Crippen LogP contribution in [0, 0.1) is 5.92 Å². The zero-order valence-electron chi connectivity index (χ0n) is 8.88. The molecule has 1 fully saturated rings. The van der Waals surface area contributed by atoms with Crippen LogP contribution < -0.4 is 5.32 Å². The standard InChI is InChI=1S/C10H21NO2/c1-8(7-12-3)6-11-10-4-5-13-9(10)2/h8-11H,4-7H2,1-3H3. The summed E-state index contributed by atoms with van der Waals surface area (Å²) in [7, 11) is 1.75. The first-order valence-corrected chi connectivity index (χ1v) is 5.08. The average molecular weight is 187 g/mol. The Morgan fingerprint density at radius 3 is 2.92 bits per heavy atom. The van der Waals surface area contributed by atoms with Gasteiger partial charge in [-0.05, 0) is 19.3 Å². The fraction of sp³-hybridized carbons (Fsp3) is 1.00. The number of hydrogen-bond acceptors (Lipinski definition) is 3. The van der Waals surface area contributed by atoms with Gasteiger partial charge in [0, 0.05) is 32.9 Å². The highest BCUT2D eigenvalue weighted by Crippen LogP contribution is 2.12. The molecule has 1 aliphatic rings. The van der Waals surface area contributed by atoms with Gasteiger partial charge in [0.05, 0.1) is 6.10 Å². The number of hydrogen-bond donors (Lipinski definition) is 1. The van der Waals surface area contributed by atoms with Crippen LogP contribution in [0.4, 0.5) is 0 Å². The molecule has 0 aromatic carbocycles. The van der Waals surface area contributed by atoms with Gasteiger partial charge in [-0.1, -0.05) is 6.92 Å². The maximum Gasteiger partial charge on any atom is 0.0700 e. The van der Waals surface area contributed by atoms with Crippen LogP contribution in [-0.4, -0.2) is 39.0 Å². The van der Waals surface area contributed by atoms with Crippen LogP contribution in [0.25, 0.3) is 0 Å². The van der Waals surface area contributed by atoms with Crippen LogP contribution in [0.5, 0.6) is 0 Å². The third-order valence-corrected chi connectivity index (χ3v) is 2.56. The van der Waals surface area contributed by atoms with E-state index in [9.17, 15) is 0 Å². The largest absolute Gasteiger partial charge is 0.384 e. The molecule has 78 valence electrons. The Morgan fingerprint density at radius 1 is 1.62 bits per heavy atom. The molecule has 1 N–H and O–H groups in total. The van der Waals surface area contributed by atoms with E-state index in [4.69, 9.17) is 9.47 Å². The highest BCUT2D eigenvalue weighted by atomic mass is 16.5. The Labute approximate surface area is 80.8 Å². The van der Waals surface area contributed by atoms with Crippen molar-refractivity contribution in [2.24, 2.45) is 5.92 Å². The molecule has 3 nitrogen and oxygen atoms in total. The molecule has 3 heteroatoms. The maximum atomic E-state index is 5.46. The summed E-state index contributed by atoms with van der Waals surface area (Å²) in [6.45, 7) is 7.07. The lowest BCUT2D eigenvalue weighted by Gasteiger charge is -2.18. The Hall–Kier alpha value is -0.120. The van der Waals surface area contributed by atoms with Crippen molar-refractivity contribution in [3.05, 3.63) is 0 Å². The van der Waals surface area contributed by atoms with E-state index in [1.165, 1.54) is 0 Å². The van der Waals surface area contributed by atoms with Gasteiger partial charge in [-0.25, -0.2) is 0 Å². The molecule has 0 aromatic rings. The fourth-order valence-electron chi connectivity index (χ4n) is 1.70. The second kappa shape index (κ2) is 5.58. The minimum Gasteiger partial charge on any atom is -0.384 e. The summed E-state index contributed by atoms with van der Waals surface area (Å²) >= 11 is 0. The number of rotatable bonds is 5. The van der Waals surface area contributed by atoms with Gasteiger partial charge in [-0.15, -0.1) is 0 Å². The van der Waals surface area contributed by atoms with E-state index < -0.39 is 0 Å². The molecular formula is C10H21NO2. The molecule has 0 bridgehead atoms. The minimum absolute atomic E-state index is 0.370. The SMILES string of the molecule is COCC(C)CNC1CCOC1C. The van der Waals surface area contributed by atoms with Gasteiger partial charge in [0.15, 0.2) is 0 Å². The first-order valence-electron chi connectivity index (χ1n) is 5.08. The van der Waals surface area contributed by atoms with Crippen molar-refractivity contribution in [2.45, 2.75) is 32.4 Å². The van der Waals surface area contributed by atoms with Crippen molar-refractivity contribution < 1.29 is 9.47 Å². The molecular weight excluding hydrogens is 166 g/mol. The van der Waals surface area contributed by atoms with Crippen LogP contribution in [0.2, 0.25) is 0 Å². The molecule has 0 saturated carbocycles. The topological polar surface area (TPSA) is 30.5 Å². The Morgan fingerprint density at radius 2 is 2.38 bits per heavy atom. The lowest BCUT2D eigenvalue weighted by Crippen LogP contribution is -2.38. The minimum atomic E-state index is 0.370. The molecule has 0 radical (unpaired) electrons. The maximum absolute atomic E-state index is 5.46. The van der Waals surface area contributed by atoms with Crippen LogP contribution in [0.1, 0.15) is 20.3 Å². The molecule has 1 aliphatic heterocycles. The molecule has 13 heavy (non-hydrogen) atoms. The number of methoxy groups -OCH3 is 1. The third kappa shape index (κ3) is 3.63. The Bertz CT molecular complexity index is 141. The summed E-state index contributed by atoms with van der Waals surface area (Å²) < 4.78 is 10.5. The first kappa shape index (κ1) is 11.0. The molecule has 0 aliphatic carbocycles. The van der Waals surface area contributed by atoms with E-state index >= 15 is 0 Å². The molecule has 0 amide bonds. The molecule has 3 atom stereocenters. The van der Waals surface area contributed by atoms with E-state index in [-0.39, 0.29) is 0 Å². The van der Waals surface area contributed by atoms with Gasteiger partial charge in [-0.3, -0.25) is 0 Å². The van der Waals surface area contributed by atoms with Gasteiger partial charge in [-0.2, -0.15) is 0 Å². The number of ether oxygens (including phenoxy) is 2. The van der Waals surface area contributed by atoms with E-state index in [1.54, 1.807) is 7.11 Å². The number of nitrogens with one attached hydrogen (secondary N) is 1. The van der Waals surface area contributed by atoms with Gasteiger partial charge in [0.2, 0.25) is 0 Å². The van der Waals surface area contributed by atoms with E-state index in [0.29, 0.717) is 18.1 Å². The zero-order chi connectivity index (χ0) is 9.68. The van der Waals surface area contributed by atoms with Crippen molar-refractivity contribution in [1.29, 1.82) is 0 Å². The Kier molecular flexibility index (Phi) is 4.70. The first-order chi connectivity index (χ1) is 6.24. The smallest absolute Gasteiger partial charge is 0.0700 e. The molecule has 3 unspecified atom stereocenters. The van der Waals surface area contributed by atoms with Crippen LogP contribution in [-0.2, 0) is 9.47 Å². The normalized spacial score (nSPS) is 30.7. The fourth-order valence-corrected chi connectivity index (χ4v) is 1.70. The monoisotopic (exact) mass is 187 g/mol. The Balaban J connectivity index is 2.10. The van der Waals surface area contributed by atoms with E-state index in [0.717, 1.165) is 26.2 Å². The molecule has 1 heterocycles. The second-order valence-electron chi connectivity index (χ2n) is 3.94. The van der Waals surface area contributed by atoms with Crippen LogP contribution in [0.3, 0.4) is 0 Å². The van der Waals surface area contributed by atoms with Crippen molar-refractivity contribution in [2.75, 3.05) is 26.9 Å². The summed E-state index contributed by atoms with van der Waals surface area (Å²) in [5.41, 5.74) is 0. The van der Waals surface area contributed by atoms with Gasteiger partial charge >= 0.3 is 0 Å².